The van der Waals surface area contributed by atoms with Gasteiger partial charge in [0.1, 0.15) is 0 Å². The van der Waals surface area contributed by atoms with Gasteiger partial charge < -0.3 is 5.32 Å². The molecule has 0 unspecified atom stereocenters. The number of halogens is 1. The number of nitrogens with one attached hydrogen (secondary N) is 1. The maximum atomic E-state index is 13.0. The number of aryl methyl sites for hydroxylation is 1. The van der Waals surface area contributed by atoms with E-state index in [0.717, 1.165) is 15.6 Å². The first-order valence-corrected chi connectivity index (χ1v) is 11.5. The molecule has 7 heteroatoms. The first-order chi connectivity index (χ1) is 13.2. The second-order valence-corrected chi connectivity index (χ2v) is 10.4. The van der Waals surface area contributed by atoms with Crippen LogP contribution in [0.25, 0.3) is 0 Å². The van der Waals surface area contributed by atoms with Crippen molar-refractivity contribution in [3.8, 4) is 0 Å². The molecule has 0 aromatic heterocycles. The fraction of sp³-hybridized carbons (Fsp3) is 0.381. The summed E-state index contributed by atoms with van der Waals surface area (Å²) >= 11 is 3.33. The van der Waals surface area contributed by atoms with E-state index in [2.05, 4.69) is 21.2 Å². The van der Waals surface area contributed by atoms with Crippen molar-refractivity contribution >= 4 is 31.9 Å². The molecule has 150 valence electrons. The number of sulfonamides is 1. The number of piperidine rings is 1. The highest BCUT2D eigenvalue weighted by molar-refractivity contribution is 9.10. The van der Waals surface area contributed by atoms with Crippen LogP contribution in [0.4, 0.5) is 0 Å². The summed E-state index contributed by atoms with van der Waals surface area (Å²) in [7, 11) is -3.62. The van der Waals surface area contributed by atoms with Crippen molar-refractivity contribution in [2.45, 2.75) is 38.1 Å². The van der Waals surface area contributed by atoms with Crippen molar-refractivity contribution in [1.29, 1.82) is 0 Å². The van der Waals surface area contributed by atoms with Gasteiger partial charge in [0.15, 0.2) is 0 Å². The van der Waals surface area contributed by atoms with E-state index in [-0.39, 0.29) is 17.3 Å². The van der Waals surface area contributed by atoms with Crippen molar-refractivity contribution < 1.29 is 13.2 Å². The van der Waals surface area contributed by atoms with E-state index in [1.54, 1.807) is 24.3 Å². The summed E-state index contributed by atoms with van der Waals surface area (Å²) < 4.78 is 28.3. The minimum Gasteiger partial charge on any atom is -0.352 e. The van der Waals surface area contributed by atoms with Crippen LogP contribution in [0.3, 0.4) is 0 Å². The van der Waals surface area contributed by atoms with Gasteiger partial charge in [-0.25, -0.2) is 8.42 Å². The number of carbonyl (C=O) groups excluding carboxylic acids is 1. The summed E-state index contributed by atoms with van der Waals surface area (Å²) in [6.07, 6.45) is 1.32. The molecule has 0 saturated carbocycles. The molecule has 0 bridgehead atoms. The monoisotopic (exact) mass is 464 g/mol. The first-order valence-electron chi connectivity index (χ1n) is 9.31. The Morgan fingerprint density at radius 3 is 2.54 bits per heavy atom. The molecule has 2 aromatic rings. The predicted molar refractivity (Wildman–Crippen MR) is 113 cm³/mol. The van der Waals surface area contributed by atoms with Crippen LogP contribution in [-0.2, 0) is 21.4 Å². The third-order valence-electron chi connectivity index (χ3n) is 5.36. The van der Waals surface area contributed by atoms with Crippen LogP contribution in [0.1, 0.15) is 30.9 Å². The lowest BCUT2D eigenvalue weighted by Gasteiger charge is -2.38. The maximum absolute atomic E-state index is 13.0. The topological polar surface area (TPSA) is 66.5 Å². The van der Waals surface area contributed by atoms with Gasteiger partial charge in [-0.05, 0) is 62.1 Å². The van der Waals surface area contributed by atoms with E-state index in [1.165, 1.54) is 4.31 Å². The van der Waals surface area contributed by atoms with Crippen molar-refractivity contribution in [3.63, 3.8) is 0 Å². The Morgan fingerprint density at radius 2 is 1.86 bits per heavy atom. The van der Waals surface area contributed by atoms with Crippen LogP contribution in [0.5, 0.6) is 0 Å². The van der Waals surface area contributed by atoms with E-state index in [9.17, 15) is 13.2 Å². The Balaban J connectivity index is 1.72. The molecule has 2 aromatic carbocycles. The van der Waals surface area contributed by atoms with Gasteiger partial charge in [0, 0.05) is 24.1 Å². The van der Waals surface area contributed by atoms with Gasteiger partial charge in [0.05, 0.1) is 10.3 Å². The fourth-order valence-electron chi connectivity index (χ4n) is 3.54. The molecule has 1 aliphatic rings. The lowest BCUT2D eigenvalue weighted by molar-refractivity contribution is -0.132. The second kappa shape index (κ2) is 8.35. The maximum Gasteiger partial charge on any atom is 0.243 e. The van der Waals surface area contributed by atoms with Crippen LogP contribution in [-0.4, -0.2) is 31.7 Å². The molecule has 5 nitrogen and oxygen atoms in total. The molecule has 0 spiro atoms. The number of hydrogen-bond acceptors (Lipinski definition) is 3. The van der Waals surface area contributed by atoms with Gasteiger partial charge in [-0.15, -0.1) is 0 Å². The SMILES string of the molecule is Cc1ccccc1CNC(=O)[C@]1(C)CCCN(S(=O)(=O)c2ccc(Br)cc2)C1. The number of carbonyl (C=O) groups is 1. The minimum absolute atomic E-state index is 0.105. The van der Waals surface area contributed by atoms with Crippen LogP contribution in [0.15, 0.2) is 57.9 Å². The van der Waals surface area contributed by atoms with Crippen LogP contribution in [0.2, 0.25) is 0 Å². The van der Waals surface area contributed by atoms with Crippen LogP contribution in [0, 0.1) is 12.3 Å². The highest BCUT2D eigenvalue weighted by Gasteiger charge is 2.41. The normalized spacial score (nSPS) is 20.7. The molecule has 0 aliphatic carbocycles. The third kappa shape index (κ3) is 4.47. The molecule has 28 heavy (non-hydrogen) atoms. The Bertz CT molecular complexity index is 960. The van der Waals surface area contributed by atoms with Crippen molar-refractivity contribution in [1.82, 2.24) is 9.62 Å². The lowest BCUT2D eigenvalue weighted by Crippen LogP contribution is -2.51. The Labute approximate surface area is 175 Å². The highest BCUT2D eigenvalue weighted by Crippen LogP contribution is 2.33. The van der Waals surface area contributed by atoms with E-state index >= 15 is 0 Å². The van der Waals surface area contributed by atoms with Crippen LogP contribution < -0.4 is 5.32 Å². The van der Waals surface area contributed by atoms with Gasteiger partial charge >= 0.3 is 0 Å². The molecule has 1 N–H and O–H groups in total. The van der Waals surface area contributed by atoms with Gasteiger partial charge in [-0.2, -0.15) is 4.31 Å². The molecule has 1 fully saturated rings. The molecular formula is C21H25BrN2O3S. The molecule has 1 saturated heterocycles. The van der Waals surface area contributed by atoms with Gasteiger partial charge in [0.25, 0.3) is 0 Å². The standard InChI is InChI=1S/C21H25BrN2O3S/c1-16-6-3-4-7-17(16)14-23-20(25)21(2)12-5-13-24(15-21)28(26,27)19-10-8-18(22)9-11-19/h3-4,6-11H,5,12-15H2,1-2H3,(H,23,25)/t21-/m1/s1. The molecular weight excluding hydrogens is 440 g/mol. The van der Waals surface area contributed by atoms with E-state index in [1.807, 2.05) is 38.1 Å². The average molecular weight is 465 g/mol. The summed E-state index contributed by atoms with van der Waals surface area (Å²) in [6.45, 7) is 4.92. The number of benzene rings is 2. The largest absolute Gasteiger partial charge is 0.352 e. The zero-order chi connectivity index (χ0) is 20.4. The fourth-order valence-corrected chi connectivity index (χ4v) is 5.40. The Kier molecular flexibility index (Phi) is 6.27. The second-order valence-electron chi connectivity index (χ2n) is 7.57. The number of hydrogen-bond donors (Lipinski definition) is 1. The summed E-state index contributed by atoms with van der Waals surface area (Å²) in [5, 5.41) is 3.00. The highest BCUT2D eigenvalue weighted by atomic mass is 79.9. The van der Waals surface area contributed by atoms with Crippen molar-refractivity contribution in [2.24, 2.45) is 5.41 Å². The van der Waals surface area contributed by atoms with Crippen molar-refractivity contribution in [2.75, 3.05) is 13.1 Å². The Hall–Kier alpha value is -1.70. The molecule has 3 rings (SSSR count). The van der Waals surface area contributed by atoms with Gasteiger partial charge in [0.2, 0.25) is 15.9 Å². The smallest absolute Gasteiger partial charge is 0.243 e. The summed E-state index contributed by atoms with van der Waals surface area (Å²) in [5.74, 6) is -0.105. The zero-order valence-corrected chi connectivity index (χ0v) is 18.5. The average Bonchev–Trinajstić information content (AvgIpc) is 2.67. The van der Waals surface area contributed by atoms with Crippen LogP contribution >= 0.6 is 15.9 Å². The quantitative estimate of drug-likeness (QED) is 0.729. The van der Waals surface area contributed by atoms with E-state index in [4.69, 9.17) is 0 Å². The summed E-state index contributed by atoms with van der Waals surface area (Å²) in [4.78, 5) is 13.2. The van der Waals surface area contributed by atoms with E-state index in [0.29, 0.717) is 25.9 Å². The van der Waals surface area contributed by atoms with Gasteiger partial charge in [-0.3, -0.25) is 4.79 Å². The van der Waals surface area contributed by atoms with E-state index < -0.39 is 15.4 Å². The molecule has 0 radical (unpaired) electrons. The number of amides is 1. The lowest BCUT2D eigenvalue weighted by atomic mass is 9.82. The predicted octanol–water partition coefficient (Wildman–Crippen LogP) is 3.86. The minimum atomic E-state index is -3.62. The summed E-state index contributed by atoms with van der Waals surface area (Å²) in [5.41, 5.74) is 1.44. The molecule has 1 atom stereocenters. The van der Waals surface area contributed by atoms with Crippen molar-refractivity contribution in [3.05, 3.63) is 64.1 Å². The Morgan fingerprint density at radius 1 is 1.18 bits per heavy atom. The third-order valence-corrected chi connectivity index (χ3v) is 7.75. The van der Waals surface area contributed by atoms with Gasteiger partial charge in [-0.1, -0.05) is 40.2 Å². The zero-order valence-electron chi connectivity index (χ0n) is 16.1. The number of rotatable bonds is 5. The first kappa shape index (κ1) is 21.0. The summed E-state index contributed by atoms with van der Waals surface area (Å²) in [6, 6.07) is 14.5. The molecule has 1 amide bonds. The molecule has 1 aliphatic heterocycles. The molecule has 1 heterocycles. The number of nitrogens with zero attached hydrogens (tertiary/aromatic N) is 1.